The quantitative estimate of drug-likeness (QED) is 0.397. The number of non-ortho nitro benzene ring substituents is 1. The third kappa shape index (κ3) is 5.21. The second kappa shape index (κ2) is 8.01. The number of thiol groups is 1. The first-order valence-corrected chi connectivity index (χ1v) is 8.33. The summed E-state index contributed by atoms with van der Waals surface area (Å²) in [6.45, 7) is 0. The number of nitro benzene ring substituents is 1. The lowest BCUT2D eigenvalue weighted by Gasteiger charge is -2.11. The lowest BCUT2D eigenvalue weighted by molar-refractivity contribution is -0.384. The van der Waals surface area contributed by atoms with Gasteiger partial charge < -0.3 is 4.74 Å². The van der Waals surface area contributed by atoms with Gasteiger partial charge in [0.15, 0.2) is 5.75 Å². The van der Waals surface area contributed by atoms with Crippen LogP contribution in [0.4, 0.5) is 21.9 Å². The van der Waals surface area contributed by atoms with Gasteiger partial charge in [-0.25, -0.2) is 13.2 Å². The van der Waals surface area contributed by atoms with Gasteiger partial charge in [0.25, 0.3) is 5.69 Å². The van der Waals surface area contributed by atoms with Gasteiger partial charge in [-0.1, -0.05) is 23.2 Å². The third-order valence-electron chi connectivity index (χ3n) is 2.74. The average Bonchev–Trinajstić information content (AvgIpc) is 2.51. The molecule has 0 unspecified atom stereocenters. The Hall–Kier alpha value is -2.56. The van der Waals surface area contributed by atoms with Crippen molar-refractivity contribution in [1.29, 1.82) is 0 Å². The molecule has 1 amide bonds. The summed E-state index contributed by atoms with van der Waals surface area (Å²) in [6.07, 6.45) is -0.937. The van der Waals surface area contributed by atoms with Crippen LogP contribution in [0, 0.1) is 10.1 Å². The van der Waals surface area contributed by atoms with E-state index in [1.54, 1.807) is 0 Å². The predicted molar refractivity (Wildman–Crippen MR) is 93.1 cm³/mol. The monoisotopic (exact) mass is 405 g/mol. The SMILES string of the molecule is O=C(Nc1ccc([N+](=O)[O-])cc1)Oc1c(Cl)cc(N[SH](=O)=O)cc1Cl. The lowest BCUT2D eigenvalue weighted by atomic mass is 10.3. The minimum absolute atomic E-state index is 0.0919. The van der Waals surface area contributed by atoms with Crippen LogP contribution in [0.25, 0.3) is 0 Å². The Morgan fingerprint density at radius 3 is 2.12 bits per heavy atom. The van der Waals surface area contributed by atoms with Crippen molar-refractivity contribution in [3.8, 4) is 5.75 Å². The average molecular weight is 406 g/mol. The summed E-state index contributed by atoms with van der Waals surface area (Å²) in [6, 6.07) is 7.49. The fourth-order valence-corrected chi connectivity index (χ4v) is 2.63. The third-order valence-corrected chi connectivity index (χ3v) is 3.74. The maximum Gasteiger partial charge on any atom is 0.417 e. The van der Waals surface area contributed by atoms with Crippen LogP contribution in [0.1, 0.15) is 0 Å². The Kier molecular flexibility index (Phi) is 6.02. The van der Waals surface area contributed by atoms with Crippen LogP contribution in [0.15, 0.2) is 36.4 Å². The highest BCUT2D eigenvalue weighted by atomic mass is 35.5. The largest absolute Gasteiger partial charge is 0.417 e. The van der Waals surface area contributed by atoms with E-state index in [0.717, 1.165) is 0 Å². The van der Waals surface area contributed by atoms with Crippen molar-refractivity contribution in [3.05, 3.63) is 56.6 Å². The van der Waals surface area contributed by atoms with Gasteiger partial charge in [-0.2, -0.15) is 0 Å². The van der Waals surface area contributed by atoms with Crippen molar-refractivity contribution in [2.45, 2.75) is 0 Å². The number of hydrogen-bond acceptors (Lipinski definition) is 6. The zero-order chi connectivity index (χ0) is 18.6. The number of rotatable bonds is 5. The highest BCUT2D eigenvalue weighted by Gasteiger charge is 2.15. The fourth-order valence-electron chi connectivity index (χ4n) is 1.73. The Bertz CT molecular complexity index is 870. The molecule has 0 aliphatic rings. The molecule has 0 heterocycles. The first-order chi connectivity index (χ1) is 11.8. The molecule has 0 aliphatic carbocycles. The topological polar surface area (TPSA) is 128 Å². The zero-order valence-corrected chi connectivity index (χ0v) is 14.5. The molecule has 0 radical (unpaired) electrons. The molecule has 132 valence electrons. The van der Waals surface area contributed by atoms with Gasteiger partial charge in [0.1, 0.15) is 0 Å². The Morgan fingerprint density at radius 1 is 1.08 bits per heavy atom. The van der Waals surface area contributed by atoms with Gasteiger partial charge >= 0.3 is 6.09 Å². The van der Waals surface area contributed by atoms with Crippen molar-refractivity contribution in [2.75, 3.05) is 10.0 Å². The molecule has 0 aromatic heterocycles. The van der Waals surface area contributed by atoms with Crippen LogP contribution in [-0.2, 0) is 10.9 Å². The number of nitro groups is 1. The summed E-state index contributed by atoms with van der Waals surface area (Å²) in [7, 11) is -2.90. The maximum absolute atomic E-state index is 11.9. The van der Waals surface area contributed by atoms with Crippen LogP contribution in [0.5, 0.6) is 5.75 Å². The number of carbonyl (C=O) groups excluding carboxylic acids is 1. The number of nitrogens with zero attached hydrogens (tertiary/aromatic N) is 1. The van der Waals surface area contributed by atoms with E-state index in [9.17, 15) is 23.3 Å². The molecule has 25 heavy (non-hydrogen) atoms. The number of benzene rings is 2. The summed E-state index contributed by atoms with van der Waals surface area (Å²) in [5.74, 6) is -0.172. The number of carbonyl (C=O) groups is 1. The van der Waals surface area contributed by atoms with Gasteiger partial charge in [0, 0.05) is 17.8 Å². The van der Waals surface area contributed by atoms with Crippen molar-refractivity contribution in [1.82, 2.24) is 0 Å². The normalized spacial score (nSPS) is 10.4. The van der Waals surface area contributed by atoms with E-state index in [2.05, 4.69) is 10.0 Å². The second-order valence-electron chi connectivity index (χ2n) is 4.46. The molecular formula is C13H9Cl2N3O6S. The van der Waals surface area contributed by atoms with Gasteiger partial charge in [0.05, 0.1) is 20.7 Å². The summed E-state index contributed by atoms with van der Waals surface area (Å²) in [5, 5.41) is 12.7. The van der Waals surface area contributed by atoms with Crippen molar-refractivity contribution in [2.24, 2.45) is 0 Å². The summed E-state index contributed by atoms with van der Waals surface area (Å²) >= 11 is 11.8. The molecule has 9 nitrogen and oxygen atoms in total. The molecular weight excluding hydrogens is 397 g/mol. The lowest BCUT2D eigenvalue weighted by Crippen LogP contribution is -2.17. The number of ether oxygens (including phenoxy) is 1. The second-order valence-corrected chi connectivity index (χ2v) is 6.01. The zero-order valence-electron chi connectivity index (χ0n) is 12.1. The molecule has 2 aromatic rings. The number of hydrogen-bond donors (Lipinski definition) is 3. The van der Waals surface area contributed by atoms with Gasteiger partial charge in [-0.05, 0) is 24.3 Å². The van der Waals surface area contributed by atoms with Gasteiger partial charge in [0.2, 0.25) is 10.9 Å². The molecule has 0 saturated carbocycles. The molecule has 0 saturated heterocycles. The van der Waals surface area contributed by atoms with E-state index in [0.29, 0.717) is 0 Å². The summed E-state index contributed by atoms with van der Waals surface area (Å²) in [5.41, 5.74) is 0.225. The van der Waals surface area contributed by atoms with E-state index >= 15 is 0 Å². The van der Waals surface area contributed by atoms with E-state index in [1.807, 2.05) is 0 Å². The summed E-state index contributed by atoms with van der Waals surface area (Å²) < 4.78 is 28.3. The summed E-state index contributed by atoms with van der Waals surface area (Å²) in [4.78, 5) is 21.9. The molecule has 2 rings (SSSR count). The number of nitrogens with one attached hydrogen (secondary N) is 2. The molecule has 0 atom stereocenters. The maximum atomic E-state index is 11.9. The van der Waals surface area contributed by atoms with Crippen LogP contribution in [0.3, 0.4) is 0 Å². The molecule has 0 aliphatic heterocycles. The van der Waals surface area contributed by atoms with Crippen LogP contribution in [-0.4, -0.2) is 19.4 Å². The van der Waals surface area contributed by atoms with Crippen LogP contribution in [0.2, 0.25) is 10.0 Å². The molecule has 12 heteroatoms. The molecule has 0 bridgehead atoms. The predicted octanol–water partition coefficient (Wildman–Crippen LogP) is 3.45. The van der Waals surface area contributed by atoms with E-state index in [4.69, 9.17) is 27.9 Å². The number of amides is 1. The van der Waals surface area contributed by atoms with E-state index in [-0.39, 0.29) is 32.9 Å². The number of anilines is 2. The van der Waals surface area contributed by atoms with Crippen molar-refractivity contribution < 1.29 is 22.9 Å². The Morgan fingerprint density at radius 2 is 1.64 bits per heavy atom. The Labute approximate surface area is 152 Å². The standard InChI is InChI=1S/C13H9Cl2N3O6S/c14-10-5-8(17-25(22)23)6-11(15)12(10)24-13(19)16-7-1-3-9(4-2-7)18(20)21/h1-6,25H,(H,16,19)(H,17,22,23). The van der Waals surface area contributed by atoms with Crippen LogP contribution < -0.4 is 14.8 Å². The molecule has 0 fully saturated rings. The molecule has 0 spiro atoms. The molecule has 2 N–H and O–H groups in total. The van der Waals surface area contributed by atoms with Crippen molar-refractivity contribution >= 4 is 57.2 Å². The smallest absolute Gasteiger partial charge is 0.407 e. The highest BCUT2D eigenvalue weighted by molar-refractivity contribution is 7.73. The highest BCUT2D eigenvalue weighted by Crippen LogP contribution is 2.36. The number of halogens is 2. The van der Waals surface area contributed by atoms with Gasteiger partial charge in [-0.3, -0.25) is 20.2 Å². The first-order valence-electron chi connectivity index (χ1n) is 6.39. The van der Waals surface area contributed by atoms with Crippen LogP contribution >= 0.6 is 23.2 Å². The van der Waals surface area contributed by atoms with Gasteiger partial charge in [-0.15, -0.1) is 0 Å². The Balaban J connectivity index is 2.11. The minimum Gasteiger partial charge on any atom is -0.407 e. The van der Waals surface area contributed by atoms with E-state index < -0.39 is 21.9 Å². The minimum atomic E-state index is -2.90. The fraction of sp³-hybridized carbons (Fsp3) is 0. The first kappa shape index (κ1) is 18.8. The molecule has 2 aromatic carbocycles. The van der Waals surface area contributed by atoms with E-state index in [1.165, 1.54) is 36.4 Å². The van der Waals surface area contributed by atoms with Crippen molar-refractivity contribution in [3.63, 3.8) is 0 Å².